The van der Waals surface area contributed by atoms with E-state index >= 15 is 0 Å². The number of carbonyl (C=O) groups is 1. The molecule has 0 atom stereocenters. The lowest BCUT2D eigenvalue weighted by atomic mass is 10.1. The quantitative estimate of drug-likeness (QED) is 0.581. The second-order valence-corrected chi connectivity index (χ2v) is 8.91. The maximum atomic E-state index is 12.7. The van der Waals surface area contributed by atoms with Gasteiger partial charge in [-0.3, -0.25) is 4.79 Å². The van der Waals surface area contributed by atoms with E-state index in [2.05, 4.69) is 20.3 Å². The van der Waals surface area contributed by atoms with E-state index < -0.39 is 15.6 Å². The van der Waals surface area contributed by atoms with Crippen molar-refractivity contribution in [3.63, 3.8) is 0 Å². The Morgan fingerprint density at radius 1 is 1.44 bits per heavy atom. The zero-order chi connectivity index (χ0) is 19.0. The lowest BCUT2D eigenvalue weighted by molar-refractivity contribution is -0.116. The van der Waals surface area contributed by atoms with E-state index in [-0.39, 0.29) is 23.1 Å². The van der Waals surface area contributed by atoms with Crippen molar-refractivity contribution in [2.75, 3.05) is 18.6 Å². The summed E-state index contributed by atoms with van der Waals surface area (Å²) in [6, 6.07) is 3.15. The third-order valence-electron chi connectivity index (χ3n) is 3.73. The van der Waals surface area contributed by atoms with E-state index in [9.17, 15) is 18.3 Å². The number of fused-ring (bicyclic) bond motifs is 1. The molecule has 1 aromatic rings. The fourth-order valence-electron chi connectivity index (χ4n) is 2.61. The van der Waals surface area contributed by atoms with E-state index in [1.54, 1.807) is 11.0 Å². The number of benzene rings is 1. The van der Waals surface area contributed by atoms with Crippen LogP contribution in [0.4, 0.5) is 5.69 Å². The van der Waals surface area contributed by atoms with Gasteiger partial charge in [0.1, 0.15) is 4.90 Å². The number of anilines is 1. The first-order valence-corrected chi connectivity index (χ1v) is 9.88. The molecule has 1 aliphatic rings. The number of amides is 1. The van der Waals surface area contributed by atoms with Crippen LogP contribution in [0.1, 0.15) is 32.8 Å². The number of methoxy groups -OCH3 is 1. The standard InChI is InChI=1S/C16H21BrN2O5S/c1-10(20)19-6-5-11-7-12(17)14(8-13(11)19)25(22,23)18-15(24-4)9-16(2,3)21/h7-8,21H,5-6,9H2,1-4H3/b18-15-. The van der Waals surface area contributed by atoms with Gasteiger partial charge in [0.25, 0.3) is 10.0 Å². The van der Waals surface area contributed by atoms with Crippen LogP contribution in [0.15, 0.2) is 25.9 Å². The number of rotatable bonds is 4. The second-order valence-electron chi connectivity index (χ2n) is 6.49. The number of ether oxygens (including phenoxy) is 1. The lowest BCUT2D eigenvalue weighted by Gasteiger charge is -2.18. The van der Waals surface area contributed by atoms with Crippen LogP contribution in [0.2, 0.25) is 0 Å². The van der Waals surface area contributed by atoms with Gasteiger partial charge in [-0.05, 0) is 53.9 Å². The minimum absolute atomic E-state index is 0.0507. The van der Waals surface area contributed by atoms with E-state index in [0.717, 1.165) is 5.56 Å². The summed E-state index contributed by atoms with van der Waals surface area (Å²) in [7, 11) is -2.78. The van der Waals surface area contributed by atoms with Gasteiger partial charge in [0.2, 0.25) is 11.8 Å². The minimum atomic E-state index is -4.08. The molecule has 0 spiro atoms. The molecule has 0 fully saturated rings. The fraction of sp³-hybridized carbons (Fsp3) is 0.500. The van der Waals surface area contributed by atoms with Gasteiger partial charge in [-0.1, -0.05) is 0 Å². The predicted octanol–water partition coefficient (Wildman–Crippen LogP) is 2.25. The van der Waals surface area contributed by atoms with Crippen LogP contribution in [-0.4, -0.2) is 44.6 Å². The van der Waals surface area contributed by atoms with Crippen molar-refractivity contribution in [3.8, 4) is 0 Å². The average molecular weight is 433 g/mol. The highest BCUT2D eigenvalue weighted by atomic mass is 79.9. The number of hydrogen-bond acceptors (Lipinski definition) is 5. The lowest BCUT2D eigenvalue weighted by Crippen LogP contribution is -2.26. The summed E-state index contributed by atoms with van der Waals surface area (Å²) in [5.41, 5.74) is 0.310. The normalized spacial score (nSPS) is 15.3. The molecule has 0 bridgehead atoms. The van der Waals surface area contributed by atoms with Gasteiger partial charge in [-0.2, -0.15) is 8.42 Å². The van der Waals surface area contributed by atoms with Crippen LogP contribution >= 0.6 is 15.9 Å². The molecule has 0 saturated heterocycles. The first-order valence-electron chi connectivity index (χ1n) is 7.65. The maximum absolute atomic E-state index is 12.7. The maximum Gasteiger partial charge on any atom is 0.286 e. The highest BCUT2D eigenvalue weighted by molar-refractivity contribution is 9.10. The van der Waals surface area contributed by atoms with Crippen LogP contribution in [0, 0.1) is 0 Å². The Morgan fingerprint density at radius 3 is 2.60 bits per heavy atom. The van der Waals surface area contributed by atoms with Crippen LogP contribution in [0.3, 0.4) is 0 Å². The molecule has 2 rings (SSSR count). The Hall–Kier alpha value is -1.45. The number of aliphatic hydroxyl groups is 1. The molecule has 138 valence electrons. The van der Waals surface area contributed by atoms with E-state index in [4.69, 9.17) is 4.74 Å². The van der Waals surface area contributed by atoms with Crippen molar-refractivity contribution >= 4 is 43.4 Å². The summed E-state index contributed by atoms with van der Waals surface area (Å²) in [5, 5.41) is 9.85. The van der Waals surface area contributed by atoms with Crippen molar-refractivity contribution in [2.45, 2.75) is 44.1 Å². The van der Waals surface area contributed by atoms with Crippen molar-refractivity contribution < 1.29 is 23.1 Å². The van der Waals surface area contributed by atoms with Crippen molar-refractivity contribution in [3.05, 3.63) is 22.2 Å². The van der Waals surface area contributed by atoms with Gasteiger partial charge in [-0.25, -0.2) is 0 Å². The van der Waals surface area contributed by atoms with Crippen LogP contribution < -0.4 is 4.90 Å². The molecule has 1 amide bonds. The van der Waals surface area contributed by atoms with Gasteiger partial charge in [0.05, 0.1) is 19.1 Å². The largest absolute Gasteiger partial charge is 0.483 e. The van der Waals surface area contributed by atoms with Crippen LogP contribution in [0.5, 0.6) is 0 Å². The molecule has 1 heterocycles. The Morgan fingerprint density at radius 2 is 2.08 bits per heavy atom. The van der Waals surface area contributed by atoms with Crippen LogP contribution in [0.25, 0.3) is 0 Å². The number of nitrogens with zero attached hydrogens (tertiary/aromatic N) is 2. The Balaban J connectivity index is 2.50. The molecule has 1 N–H and O–H groups in total. The summed E-state index contributed by atoms with van der Waals surface area (Å²) in [6.45, 7) is 5.02. The molecule has 0 aliphatic carbocycles. The molecule has 7 nitrogen and oxygen atoms in total. The zero-order valence-electron chi connectivity index (χ0n) is 14.5. The highest BCUT2D eigenvalue weighted by Gasteiger charge is 2.28. The van der Waals surface area contributed by atoms with Gasteiger partial charge in [0.15, 0.2) is 0 Å². The first kappa shape index (κ1) is 19.9. The van der Waals surface area contributed by atoms with Gasteiger partial charge < -0.3 is 14.7 Å². The molecule has 0 aromatic heterocycles. The SMILES string of the molecule is CO/C(CC(C)(C)O)=N\S(=O)(=O)c1cc2c(cc1Br)CCN2C(C)=O. The monoisotopic (exact) mass is 432 g/mol. The highest BCUT2D eigenvalue weighted by Crippen LogP contribution is 2.36. The number of sulfonamides is 1. The second kappa shape index (κ2) is 7.05. The average Bonchev–Trinajstić information content (AvgIpc) is 2.86. The van der Waals surface area contributed by atoms with Gasteiger partial charge in [0, 0.05) is 23.6 Å². The summed E-state index contributed by atoms with van der Waals surface area (Å²) < 4.78 is 34.5. The van der Waals surface area contributed by atoms with E-state index in [1.165, 1.54) is 33.9 Å². The Bertz CT molecular complexity index is 828. The summed E-state index contributed by atoms with van der Waals surface area (Å²) in [4.78, 5) is 13.2. The summed E-state index contributed by atoms with van der Waals surface area (Å²) in [5.74, 6) is -0.240. The summed E-state index contributed by atoms with van der Waals surface area (Å²) >= 11 is 3.27. The van der Waals surface area contributed by atoms with Crippen molar-refractivity contribution in [1.29, 1.82) is 0 Å². The molecule has 25 heavy (non-hydrogen) atoms. The van der Waals surface area contributed by atoms with Crippen LogP contribution in [-0.2, 0) is 26.0 Å². The Kier molecular flexibility index (Phi) is 5.60. The molecule has 0 radical (unpaired) electrons. The van der Waals surface area contributed by atoms with Crippen molar-refractivity contribution in [2.24, 2.45) is 4.40 Å². The van der Waals surface area contributed by atoms with Crippen molar-refractivity contribution in [1.82, 2.24) is 0 Å². The molecular weight excluding hydrogens is 412 g/mol. The zero-order valence-corrected chi connectivity index (χ0v) is 16.9. The predicted molar refractivity (Wildman–Crippen MR) is 98.4 cm³/mol. The first-order chi connectivity index (χ1) is 11.4. The van der Waals surface area contributed by atoms with Gasteiger partial charge >= 0.3 is 0 Å². The van der Waals surface area contributed by atoms with Gasteiger partial charge in [-0.15, -0.1) is 4.40 Å². The number of hydrogen-bond donors (Lipinski definition) is 1. The number of carbonyl (C=O) groups excluding carboxylic acids is 1. The molecule has 0 saturated carbocycles. The molecule has 1 aliphatic heterocycles. The molecule has 0 unspecified atom stereocenters. The molecular formula is C16H21BrN2O5S. The molecule has 9 heteroatoms. The third-order valence-corrected chi connectivity index (χ3v) is 5.98. The number of halogens is 1. The van der Waals surface area contributed by atoms with E-state index in [1.807, 2.05) is 0 Å². The smallest absolute Gasteiger partial charge is 0.286 e. The topological polar surface area (TPSA) is 96.3 Å². The third kappa shape index (κ3) is 4.59. The Labute approximate surface area is 155 Å². The van der Waals surface area contributed by atoms with E-state index in [0.29, 0.717) is 23.1 Å². The minimum Gasteiger partial charge on any atom is -0.483 e. The molecule has 1 aromatic carbocycles. The summed E-state index contributed by atoms with van der Waals surface area (Å²) in [6.07, 6.45) is 0.615. The fourth-order valence-corrected chi connectivity index (χ4v) is 4.68.